The van der Waals surface area contributed by atoms with Crippen LogP contribution in [0.3, 0.4) is 0 Å². The number of benzene rings is 2. The number of ether oxygens (including phenoxy) is 2. The number of hydrogen-bond acceptors (Lipinski definition) is 7. The van der Waals surface area contributed by atoms with Crippen LogP contribution in [0.2, 0.25) is 0 Å². The van der Waals surface area contributed by atoms with E-state index < -0.39 is 26.5 Å². The average Bonchev–Trinajstić information content (AvgIpc) is 3.30. The molecular formula is C22H25N3O7S. The van der Waals surface area contributed by atoms with Gasteiger partial charge in [-0.15, -0.1) is 0 Å². The number of fused-ring (bicyclic) bond motifs is 1. The highest BCUT2D eigenvalue weighted by Crippen LogP contribution is 2.35. The van der Waals surface area contributed by atoms with E-state index in [4.69, 9.17) is 9.47 Å². The minimum Gasteiger partial charge on any atom is -0.493 e. The maximum atomic E-state index is 13.1. The first-order chi connectivity index (χ1) is 15.8. The van der Waals surface area contributed by atoms with Crippen LogP contribution >= 0.6 is 0 Å². The molecule has 0 radical (unpaired) electrons. The summed E-state index contributed by atoms with van der Waals surface area (Å²) < 4.78 is 37.9. The van der Waals surface area contributed by atoms with Crippen molar-refractivity contribution in [3.8, 4) is 11.5 Å². The van der Waals surface area contributed by atoms with Crippen LogP contribution in [0.15, 0.2) is 35.2 Å². The zero-order chi connectivity index (χ0) is 23.8. The van der Waals surface area contributed by atoms with E-state index in [0.717, 1.165) is 30.9 Å². The lowest BCUT2D eigenvalue weighted by molar-refractivity contribution is -0.385. The Bertz CT molecular complexity index is 1200. The van der Waals surface area contributed by atoms with Crippen LogP contribution in [0, 0.1) is 10.1 Å². The molecule has 11 heteroatoms. The first-order valence-corrected chi connectivity index (χ1v) is 12.0. The number of nitrogens with zero attached hydrogens (tertiary/aromatic N) is 3. The van der Waals surface area contributed by atoms with Crippen LogP contribution in [0.25, 0.3) is 0 Å². The number of rotatable bonds is 6. The van der Waals surface area contributed by atoms with Gasteiger partial charge < -0.3 is 14.4 Å². The van der Waals surface area contributed by atoms with Crippen molar-refractivity contribution in [3.05, 3.63) is 57.1 Å². The standard InChI is InChI=1S/C22H25N3O7S/c1-31-20-13-18(19(25(27)28)14-21(20)32-2)22(26)23-8-10-24(11-9-23)33(29,30)17-7-6-15-4-3-5-16(15)12-17/h6-7,12-14H,3-5,8-11H2,1-2H3. The largest absolute Gasteiger partial charge is 0.493 e. The smallest absolute Gasteiger partial charge is 0.286 e. The third-order valence-corrected chi connectivity index (χ3v) is 8.06. The predicted molar refractivity (Wildman–Crippen MR) is 119 cm³/mol. The predicted octanol–water partition coefficient (Wildman–Crippen LogP) is 2.25. The Morgan fingerprint density at radius 1 is 0.970 bits per heavy atom. The Hall–Kier alpha value is -3.18. The Morgan fingerprint density at radius 3 is 2.24 bits per heavy atom. The second-order valence-electron chi connectivity index (χ2n) is 7.96. The van der Waals surface area contributed by atoms with Crippen molar-refractivity contribution in [1.82, 2.24) is 9.21 Å². The highest BCUT2D eigenvalue weighted by Gasteiger charge is 2.34. The fraction of sp³-hybridized carbons (Fsp3) is 0.409. The van der Waals surface area contributed by atoms with Gasteiger partial charge in [-0.25, -0.2) is 8.42 Å². The summed E-state index contributed by atoms with van der Waals surface area (Å²) in [4.78, 5) is 25.7. The highest BCUT2D eigenvalue weighted by molar-refractivity contribution is 7.89. The Balaban J connectivity index is 1.52. The fourth-order valence-electron chi connectivity index (χ4n) is 4.35. The Labute approximate surface area is 191 Å². The van der Waals surface area contributed by atoms with Gasteiger partial charge in [-0.2, -0.15) is 4.31 Å². The number of sulfonamides is 1. The van der Waals surface area contributed by atoms with E-state index in [-0.39, 0.29) is 48.1 Å². The molecule has 4 rings (SSSR count). The molecule has 1 amide bonds. The summed E-state index contributed by atoms with van der Waals surface area (Å²) in [7, 11) is -0.962. The quantitative estimate of drug-likeness (QED) is 0.464. The minimum atomic E-state index is -3.69. The lowest BCUT2D eigenvalue weighted by Gasteiger charge is -2.34. The van der Waals surface area contributed by atoms with Gasteiger partial charge in [0.1, 0.15) is 5.56 Å². The lowest BCUT2D eigenvalue weighted by Crippen LogP contribution is -2.50. The number of aryl methyl sites for hydroxylation is 2. The summed E-state index contributed by atoms with van der Waals surface area (Å²) in [5.41, 5.74) is 1.74. The van der Waals surface area contributed by atoms with Crippen molar-refractivity contribution in [2.24, 2.45) is 0 Å². The molecule has 1 fully saturated rings. The SMILES string of the molecule is COc1cc(C(=O)N2CCN(S(=O)(=O)c3ccc4c(c3)CCC4)CC2)c([N+](=O)[O-])cc1OC. The van der Waals surface area contributed by atoms with Gasteiger partial charge in [-0.1, -0.05) is 6.07 Å². The minimum absolute atomic E-state index is 0.103. The van der Waals surface area contributed by atoms with Crippen LogP contribution in [-0.2, 0) is 22.9 Å². The number of nitro benzene ring substituents is 1. The van der Waals surface area contributed by atoms with Crippen molar-refractivity contribution in [2.45, 2.75) is 24.2 Å². The highest BCUT2D eigenvalue weighted by atomic mass is 32.2. The number of piperazine rings is 1. The normalized spacial score (nSPS) is 16.4. The number of amides is 1. The monoisotopic (exact) mass is 475 g/mol. The molecule has 0 N–H and O–H groups in total. The molecular weight excluding hydrogens is 450 g/mol. The van der Waals surface area contributed by atoms with E-state index in [9.17, 15) is 23.3 Å². The van der Waals surface area contributed by atoms with E-state index in [1.165, 1.54) is 35.1 Å². The Morgan fingerprint density at radius 2 is 1.61 bits per heavy atom. The second kappa shape index (κ2) is 8.99. The third kappa shape index (κ3) is 4.25. The maximum absolute atomic E-state index is 13.1. The summed E-state index contributed by atoms with van der Waals surface area (Å²) in [6.45, 7) is 0.446. The summed E-state index contributed by atoms with van der Waals surface area (Å²) in [6.07, 6.45) is 2.88. The van der Waals surface area contributed by atoms with E-state index in [1.54, 1.807) is 12.1 Å². The third-order valence-electron chi connectivity index (χ3n) is 6.16. The molecule has 0 aromatic heterocycles. The van der Waals surface area contributed by atoms with Gasteiger partial charge >= 0.3 is 0 Å². The van der Waals surface area contributed by atoms with Gasteiger partial charge in [0.25, 0.3) is 11.6 Å². The van der Waals surface area contributed by atoms with Crippen LogP contribution in [0.4, 0.5) is 5.69 Å². The molecule has 0 bridgehead atoms. The molecule has 1 heterocycles. The average molecular weight is 476 g/mol. The second-order valence-corrected chi connectivity index (χ2v) is 9.90. The topological polar surface area (TPSA) is 119 Å². The summed E-state index contributed by atoms with van der Waals surface area (Å²) in [5, 5.41) is 11.5. The molecule has 1 saturated heterocycles. The van der Waals surface area contributed by atoms with Crippen molar-refractivity contribution in [1.29, 1.82) is 0 Å². The van der Waals surface area contributed by atoms with Crippen LogP contribution < -0.4 is 9.47 Å². The molecule has 176 valence electrons. The van der Waals surface area contributed by atoms with Crippen molar-refractivity contribution >= 4 is 21.6 Å². The molecule has 1 aliphatic heterocycles. The van der Waals surface area contributed by atoms with Gasteiger partial charge in [0, 0.05) is 32.2 Å². The van der Waals surface area contributed by atoms with Crippen molar-refractivity contribution in [3.63, 3.8) is 0 Å². The van der Waals surface area contributed by atoms with Crippen molar-refractivity contribution < 1.29 is 27.6 Å². The molecule has 0 atom stereocenters. The first-order valence-electron chi connectivity index (χ1n) is 10.6. The van der Waals surface area contributed by atoms with Gasteiger partial charge in [0.05, 0.1) is 30.1 Å². The molecule has 0 unspecified atom stereocenters. The Kier molecular flexibility index (Phi) is 6.26. The van der Waals surface area contributed by atoms with Crippen LogP contribution in [-0.4, -0.2) is 68.9 Å². The van der Waals surface area contributed by atoms with E-state index in [0.29, 0.717) is 0 Å². The molecule has 2 aliphatic rings. The molecule has 0 spiro atoms. The maximum Gasteiger partial charge on any atom is 0.286 e. The van der Waals surface area contributed by atoms with Crippen LogP contribution in [0.5, 0.6) is 11.5 Å². The number of methoxy groups -OCH3 is 2. The lowest BCUT2D eigenvalue weighted by atomic mass is 10.1. The number of hydrogen-bond donors (Lipinski definition) is 0. The van der Waals surface area contributed by atoms with Crippen molar-refractivity contribution in [2.75, 3.05) is 40.4 Å². The molecule has 2 aromatic carbocycles. The van der Waals surface area contributed by atoms with E-state index >= 15 is 0 Å². The van der Waals surface area contributed by atoms with Gasteiger partial charge in [-0.05, 0) is 42.5 Å². The summed E-state index contributed by atoms with van der Waals surface area (Å²) in [5.74, 6) is -0.215. The zero-order valence-electron chi connectivity index (χ0n) is 18.4. The van der Waals surface area contributed by atoms with Gasteiger partial charge in [0.2, 0.25) is 10.0 Å². The first kappa shape index (κ1) is 23.0. The zero-order valence-corrected chi connectivity index (χ0v) is 19.3. The number of nitro groups is 1. The van der Waals surface area contributed by atoms with Gasteiger partial charge in [-0.3, -0.25) is 14.9 Å². The van der Waals surface area contributed by atoms with E-state index in [1.807, 2.05) is 6.07 Å². The van der Waals surface area contributed by atoms with Crippen LogP contribution in [0.1, 0.15) is 27.9 Å². The summed E-state index contributed by atoms with van der Waals surface area (Å²) in [6, 6.07) is 7.71. The summed E-state index contributed by atoms with van der Waals surface area (Å²) >= 11 is 0. The molecule has 2 aromatic rings. The molecule has 1 aliphatic carbocycles. The van der Waals surface area contributed by atoms with Gasteiger partial charge in [0.15, 0.2) is 11.5 Å². The van der Waals surface area contributed by atoms with E-state index in [2.05, 4.69) is 0 Å². The molecule has 0 saturated carbocycles. The number of carbonyl (C=O) groups is 1. The molecule has 10 nitrogen and oxygen atoms in total. The molecule has 33 heavy (non-hydrogen) atoms. The number of carbonyl (C=O) groups excluding carboxylic acids is 1. The fourth-order valence-corrected chi connectivity index (χ4v) is 5.82.